The monoisotopic (exact) mass is 419 g/mol. The molecule has 9 heteroatoms. The maximum Gasteiger partial charge on any atom is 0.354 e. The molecule has 0 saturated carbocycles. The summed E-state index contributed by atoms with van der Waals surface area (Å²) in [5, 5.41) is 2.85. The average molecular weight is 420 g/mol. The van der Waals surface area contributed by atoms with Gasteiger partial charge in [0.15, 0.2) is 0 Å². The third-order valence-electron chi connectivity index (χ3n) is 5.13. The van der Waals surface area contributed by atoms with E-state index in [9.17, 15) is 18.0 Å². The van der Waals surface area contributed by atoms with Crippen molar-refractivity contribution >= 4 is 27.6 Å². The van der Waals surface area contributed by atoms with Gasteiger partial charge in [0.2, 0.25) is 15.9 Å². The molecule has 1 aromatic heterocycles. The maximum atomic E-state index is 13.2. The van der Waals surface area contributed by atoms with Crippen molar-refractivity contribution in [2.45, 2.75) is 37.6 Å². The Bertz CT molecular complexity index is 1060. The number of rotatable bonds is 5. The number of amides is 1. The van der Waals surface area contributed by atoms with Crippen molar-refractivity contribution in [3.05, 3.63) is 47.3 Å². The summed E-state index contributed by atoms with van der Waals surface area (Å²) >= 11 is 0. The molecule has 1 aliphatic rings. The molecular formula is C20H25N3O5S. The highest BCUT2D eigenvalue weighted by Gasteiger charge is 2.40. The van der Waals surface area contributed by atoms with Crippen molar-refractivity contribution in [1.82, 2.24) is 8.87 Å². The normalized spacial score (nSPS) is 17.3. The highest BCUT2D eigenvalue weighted by molar-refractivity contribution is 7.89. The summed E-state index contributed by atoms with van der Waals surface area (Å²) in [7, 11) is -1.14. The summed E-state index contributed by atoms with van der Waals surface area (Å²) in [6, 6.07) is 6.14. The van der Waals surface area contributed by atoms with Crippen molar-refractivity contribution in [3.63, 3.8) is 0 Å². The van der Waals surface area contributed by atoms with Crippen LogP contribution >= 0.6 is 0 Å². The van der Waals surface area contributed by atoms with E-state index < -0.39 is 22.0 Å². The Hall–Kier alpha value is -2.65. The van der Waals surface area contributed by atoms with Gasteiger partial charge in [0, 0.05) is 25.5 Å². The molecule has 156 valence electrons. The number of aromatic nitrogens is 1. The van der Waals surface area contributed by atoms with Gasteiger partial charge < -0.3 is 14.6 Å². The first-order valence-corrected chi connectivity index (χ1v) is 10.7. The molecule has 1 saturated heterocycles. The number of esters is 1. The maximum absolute atomic E-state index is 13.2. The fourth-order valence-electron chi connectivity index (χ4n) is 3.58. The van der Waals surface area contributed by atoms with Gasteiger partial charge in [-0.1, -0.05) is 17.7 Å². The van der Waals surface area contributed by atoms with E-state index in [-0.39, 0.29) is 23.0 Å². The number of ether oxygens (including phenoxy) is 1. The van der Waals surface area contributed by atoms with Crippen LogP contribution in [0.2, 0.25) is 0 Å². The van der Waals surface area contributed by atoms with Crippen molar-refractivity contribution in [3.8, 4) is 0 Å². The number of nitrogens with zero attached hydrogens (tertiary/aromatic N) is 2. The van der Waals surface area contributed by atoms with Crippen molar-refractivity contribution in [2.24, 2.45) is 7.05 Å². The second-order valence-corrected chi connectivity index (χ2v) is 9.14. The van der Waals surface area contributed by atoms with Crippen LogP contribution in [0.3, 0.4) is 0 Å². The number of nitrogens with one attached hydrogen (secondary N) is 1. The number of carbonyl (C=O) groups excluding carboxylic acids is 2. The topological polar surface area (TPSA) is 97.7 Å². The Balaban J connectivity index is 1.85. The molecule has 29 heavy (non-hydrogen) atoms. The lowest BCUT2D eigenvalue weighted by Gasteiger charge is -2.23. The molecule has 1 aromatic carbocycles. The number of hydrogen-bond donors (Lipinski definition) is 1. The SMILES string of the molecule is COC(=O)c1cc(S(=O)(=O)N2CCC[C@@H]2C(=O)Nc2ccc(C)cc2C)cn1C. The minimum atomic E-state index is -3.94. The largest absolute Gasteiger partial charge is 0.464 e. The van der Waals surface area contributed by atoms with E-state index in [1.165, 1.54) is 28.2 Å². The van der Waals surface area contributed by atoms with Crippen LogP contribution in [0.1, 0.15) is 34.5 Å². The first-order chi connectivity index (χ1) is 13.6. The van der Waals surface area contributed by atoms with E-state index in [4.69, 9.17) is 0 Å². The zero-order valence-electron chi connectivity index (χ0n) is 16.9. The number of anilines is 1. The summed E-state index contributed by atoms with van der Waals surface area (Å²) in [6.45, 7) is 4.10. The number of carbonyl (C=O) groups is 2. The molecule has 0 unspecified atom stereocenters. The quantitative estimate of drug-likeness (QED) is 0.750. The Morgan fingerprint density at radius 1 is 1.21 bits per heavy atom. The fraction of sp³-hybridized carbons (Fsp3) is 0.400. The molecule has 1 N–H and O–H groups in total. The average Bonchev–Trinajstić information content (AvgIpc) is 3.31. The van der Waals surface area contributed by atoms with E-state index in [1.54, 1.807) is 7.05 Å². The Morgan fingerprint density at radius 3 is 2.59 bits per heavy atom. The molecule has 1 fully saturated rings. The first-order valence-electron chi connectivity index (χ1n) is 9.30. The van der Waals surface area contributed by atoms with Gasteiger partial charge in [0.05, 0.1) is 7.11 Å². The lowest BCUT2D eigenvalue weighted by Crippen LogP contribution is -2.43. The summed E-state index contributed by atoms with van der Waals surface area (Å²) < 4.78 is 33.6. The highest BCUT2D eigenvalue weighted by atomic mass is 32.2. The Morgan fingerprint density at radius 2 is 1.93 bits per heavy atom. The van der Waals surface area contributed by atoms with Crippen LogP contribution in [0.15, 0.2) is 35.4 Å². The van der Waals surface area contributed by atoms with Crippen molar-refractivity contribution in [2.75, 3.05) is 19.0 Å². The number of aryl methyl sites for hydroxylation is 3. The van der Waals surface area contributed by atoms with Gasteiger partial charge >= 0.3 is 5.97 Å². The fourth-order valence-corrected chi connectivity index (χ4v) is 5.31. The van der Waals surface area contributed by atoms with Crippen LogP contribution in [-0.2, 0) is 26.6 Å². The van der Waals surface area contributed by atoms with Gasteiger partial charge in [-0.3, -0.25) is 4.79 Å². The van der Waals surface area contributed by atoms with Crippen LogP contribution < -0.4 is 5.32 Å². The lowest BCUT2D eigenvalue weighted by atomic mass is 10.1. The molecule has 0 aliphatic carbocycles. The van der Waals surface area contributed by atoms with Gasteiger partial charge in [-0.05, 0) is 44.4 Å². The van der Waals surface area contributed by atoms with Gasteiger partial charge in [-0.25, -0.2) is 13.2 Å². The van der Waals surface area contributed by atoms with E-state index in [0.29, 0.717) is 18.5 Å². The summed E-state index contributed by atoms with van der Waals surface area (Å²) in [4.78, 5) is 24.6. The summed E-state index contributed by atoms with van der Waals surface area (Å²) in [6.07, 6.45) is 2.38. The molecule has 1 amide bonds. The highest BCUT2D eigenvalue weighted by Crippen LogP contribution is 2.28. The zero-order chi connectivity index (χ0) is 21.3. The van der Waals surface area contributed by atoms with Gasteiger partial charge in [0.25, 0.3) is 0 Å². The predicted molar refractivity (Wildman–Crippen MR) is 108 cm³/mol. The van der Waals surface area contributed by atoms with E-state index in [0.717, 1.165) is 11.1 Å². The number of benzene rings is 1. The van der Waals surface area contributed by atoms with E-state index >= 15 is 0 Å². The molecule has 2 heterocycles. The van der Waals surface area contributed by atoms with E-state index in [1.807, 2.05) is 32.0 Å². The molecule has 3 rings (SSSR count). The van der Waals surface area contributed by atoms with Crippen LogP contribution in [0.4, 0.5) is 5.69 Å². The third kappa shape index (κ3) is 4.06. The van der Waals surface area contributed by atoms with Crippen LogP contribution in [-0.4, -0.2) is 48.9 Å². The van der Waals surface area contributed by atoms with Gasteiger partial charge in [-0.2, -0.15) is 4.31 Å². The summed E-state index contributed by atoms with van der Waals surface area (Å²) in [5.41, 5.74) is 2.78. The molecule has 0 spiro atoms. The lowest BCUT2D eigenvalue weighted by molar-refractivity contribution is -0.119. The number of hydrogen-bond acceptors (Lipinski definition) is 5. The molecule has 1 aliphatic heterocycles. The molecule has 0 bridgehead atoms. The molecule has 8 nitrogen and oxygen atoms in total. The Labute approximate surface area is 170 Å². The molecule has 0 radical (unpaired) electrons. The zero-order valence-corrected chi connectivity index (χ0v) is 17.7. The van der Waals surface area contributed by atoms with Crippen LogP contribution in [0.5, 0.6) is 0 Å². The van der Waals surface area contributed by atoms with Crippen LogP contribution in [0, 0.1) is 13.8 Å². The predicted octanol–water partition coefficient (Wildman–Crippen LogP) is 2.22. The molecule has 2 aromatic rings. The van der Waals surface area contributed by atoms with Crippen LogP contribution in [0.25, 0.3) is 0 Å². The molecular weight excluding hydrogens is 394 g/mol. The standard InChI is InChI=1S/C20H25N3O5S/c1-13-7-8-16(14(2)10-13)21-19(24)17-6-5-9-23(17)29(26,27)15-11-18(20(25)28-4)22(3)12-15/h7-8,10-12,17H,5-6,9H2,1-4H3,(H,21,24)/t17-/m1/s1. The van der Waals surface area contributed by atoms with Gasteiger partial charge in [0.1, 0.15) is 16.6 Å². The minimum Gasteiger partial charge on any atom is -0.464 e. The smallest absolute Gasteiger partial charge is 0.354 e. The van der Waals surface area contributed by atoms with Crippen molar-refractivity contribution in [1.29, 1.82) is 0 Å². The van der Waals surface area contributed by atoms with E-state index in [2.05, 4.69) is 10.1 Å². The number of sulfonamides is 1. The van der Waals surface area contributed by atoms with Gasteiger partial charge in [-0.15, -0.1) is 0 Å². The van der Waals surface area contributed by atoms with Crippen molar-refractivity contribution < 1.29 is 22.7 Å². The summed E-state index contributed by atoms with van der Waals surface area (Å²) in [5.74, 6) is -0.985. The first kappa shape index (κ1) is 21.1. The second kappa shape index (κ2) is 8.00. The molecule has 1 atom stereocenters. The number of methoxy groups -OCH3 is 1. The Kier molecular flexibility index (Phi) is 5.81. The second-order valence-electron chi connectivity index (χ2n) is 7.24. The third-order valence-corrected chi connectivity index (χ3v) is 7.00. The minimum absolute atomic E-state index is 0.0355.